The Balaban J connectivity index is 0.00000220. The van der Waals surface area contributed by atoms with Crippen molar-refractivity contribution in [3.05, 3.63) is 29.8 Å². The third-order valence-electron chi connectivity index (χ3n) is 3.61. The number of amides is 1. The zero-order valence-electron chi connectivity index (χ0n) is 12.6. The number of ether oxygens (including phenoxy) is 1. The molecular weight excluding hydrogens is 288 g/mol. The van der Waals surface area contributed by atoms with Crippen LogP contribution in [0.2, 0.25) is 0 Å². The van der Waals surface area contributed by atoms with Crippen LogP contribution in [0.15, 0.2) is 24.3 Å². The van der Waals surface area contributed by atoms with Crippen molar-refractivity contribution in [2.75, 3.05) is 19.7 Å². The molecular formula is C16H25ClN2O2. The van der Waals surface area contributed by atoms with E-state index in [1.165, 1.54) is 0 Å². The second kappa shape index (κ2) is 8.90. The minimum atomic E-state index is 0. The Bertz CT molecular complexity index is 436. The van der Waals surface area contributed by atoms with Crippen LogP contribution < -0.4 is 10.5 Å². The van der Waals surface area contributed by atoms with Crippen LogP contribution in [-0.2, 0) is 0 Å². The Morgan fingerprint density at radius 1 is 1.38 bits per heavy atom. The maximum atomic E-state index is 12.3. The first-order valence-corrected chi connectivity index (χ1v) is 7.48. The first kappa shape index (κ1) is 17.8. The van der Waals surface area contributed by atoms with Gasteiger partial charge in [0.15, 0.2) is 0 Å². The summed E-state index contributed by atoms with van der Waals surface area (Å²) in [5.41, 5.74) is 6.63. The Kier molecular flexibility index (Phi) is 7.54. The van der Waals surface area contributed by atoms with E-state index in [0.717, 1.165) is 44.6 Å². The van der Waals surface area contributed by atoms with Crippen molar-refractivity contribution in [2.24, 2.45) is 5.73 Å². The molecule has 2 N–H and O–H groups in total. The van der Waals surface area contributed by atoms with E-state index in [0.29, 0.717) is 12.1 Å². The van der Waals surface area contributed by atoms with E-state index >= 15 is 0 Å². The maximum absolute atomic E-state index is 12.3. The highest BCUT2D eigenvalue weighted by Gasteiger charge is 2.22. The van der Waals surface area contributed by atoms with Gasteiger partial charge < -0.3 is 15.4 Å². The van der Waals surface area contributed by atoms with Crippen LogP contribution >= 0.6 is 12.4 Å². The Morgan fingerprint density at radius 2 is 2.10 bits per heavy atom. The molecule has 1 saturated heterocycles. The van der Waals surface area contributed by atoms with Crippen molar-refractivity contribution in [3.8, 4) is 5.75 Å². The predicted molar refractivity (Wildman–Crippen MR) is 87.2 cm³/mol. The quantitative estimate of drug-likeness (QED) is 0.851. The number of halogens is 1. The van der Waals surface area contributed by atoms with E-state index in [2.05, 4.69) is 6.92 Å². The lowest BCUT2D eigenvalue weighted by Gasteiger charge is -2.30. The van der Waals surface area contributed by atoms with Crippen LogP contribution in [0.1, 0.15) is 43.0 Å². The number of hydrogen-bond donors (Lipinski definition) is 1. The first-order chi connectivity index (χ1) is 9.70. The molecule has 1 aromatic carbocycles. The van der Waals surface area contributed by atoms with Gasteiger partial charge in [-0.1, -0.05) is 13.3 Å². The SMILES string of the molecule is CCCCOc1ccc(C(=O)N2CCCC(N)C2)cc1.Cl. The summed E-state index contributed by atoms with van der Waals surface area (Å²) in [6, 6.07) is 7.52. The highest BCUT2D eigenvalue weighted by molar-refractivity contribution is 5.94. The molecule has 1 fully saturated rings. The third kappa shape index (κ3) is 5.21. The molecule has 2 rings (SSSR count). The molecule has 5 heteroatoms. The number of piperidine rings is 1. The predicted octanol–water partition coefficient (Wildman–Crippen LogP) is 2.85. The van der Waals surface area contributed by atoms with Gasteiger partial charge in [-0.2, -0.15) is 0 Å². The lowest BCUT2D eigenvalue weighted by Crippen LogP contribution is -2.45. The highest BCUT2D eigenvalue weighted by atomic mass is 35.5. The molecule has 4 nitrogen and oxygen atoms in total. The van der Waals surface area contributed by atoms with Gasteiger partial charge in [-0.15, -0.1) is 12.4 Å². The van der Waals surface area contributed by atoms with Gasteiger partial charge in [0.2, 0.25) is 0 Å². The summed E-state index contributed by atoms with van der Waals surface area (Å²) in [6.45, 7) is 4.33. The normalized spacial score (nSPS) is 18.0. The molecule has 1 aliphatic rings. The molecule has 1 aliphatic heterocycles. The standard InChI is InChI=1S/C16H24N2O2.ClH/c1-2-3-11-20-15-8-6-13(7-9-15)16(19)18-10-4-5-14(17)12-18;/h6-9,14H,2-5,10-12,17H2,1H3;1H. The van der Waals surface area contributed by atoms with Crippen molar-refractivity contribution < 1.29 is 9.53 Å². The largest absolute Gasteiger partial charge is 0.494 e. The van der Waals surface area contributed by atoms with E-state index < -0.39 is 0 Å². The fraction of sp³-hybridized carbons (Fsp3) is 0.562. The van der Waals surface area contributed by atoms with Gasteiger partial charge in [-0.3, -0.25) is 4.79 Å². The summed E-state index contributed by atoms with van der Waals surface area (Å²) in [5, 5.41) is 0. The van der Waals surface area contributed by atoms with Crippen molar-refractivity contribution in [1.82, 2.24) is 4.90 Å². The lowest BCUT2D eigenvalue weighted by molar-refractivity contribution is 0.0709. The number of nitrogens with zero attached hydrogens (tertiary/aromatic N) is 1. The molecule has 1 atom stereocenters. The number of likely N-dealkylation sites (tertiary alicyclic amines) is 1. The molecule has 0 aliphatic carbocycles. The molecule has 1 heterocycles. The van der Waals surface area contributed by atoms with E-state index in [1.54, 1.807) is 0 Å². The van der Waals surface area contributed by atoms with Gasteiger partial charge in [0.25, 0.3) is 5.91 Å². The average Bonchev–Trinajstić information content (AvgIpc) is 2.47. The van der Waals surface area contributed by atoms with E-state index in [-0.39, 0.29) is 24.4 Å². The number of benzene rings is 1. The molecule has 1 amide bonds. The monoisotopic (exact) mass is 312 g/mol. The molecule has 0 radical (unpaired) electrons. The van der Waals surface area contributed by atoms with E-state index in [1.807, 2.05) is 29.2 Å². The van der Waals surface area contributed by atoms with Crippen molar-refractivity contribution in [3.63, 3.8) is 0 Å². The van der Waals surface area contributed by atoms with Gasteiger partial charge in [0.05, 0.1) is 6.61 Å². The Labute approximate surface area is 133 Å². The van der Waals surface area contributed by atoms with Crippen molar-refractivity contribution >= 4 is 18.3 Å². The van der Waals surface area contributed by atoms with Crippen LogP contribution in [0.4, 0.5) is 0 Å². The van der Waals surface area contributed by atoms with Gasteiger partial charge >= 0.3 is 0 Å². The van der Waals surface area contributed by atoms with Crippen LogP contribution in [0.3, 0.4) is 0 Å². The van der Waals surface area contributed by atoms with Crippen molar-refractivity contribution in [1.29, 1.82) is 0 Å². The van der Waals surface area contributed by atoms with Crippen LogP contribution in [0, 0.1) is 0 Å². The molecule has 21 heavy (non-hydrogen) atoms. The molecule has 118 valence electrons. The third-order valence-corrected chi connectivity index (χ3v) is 3.61. The number of rotatable bonds is 5. The van der Waals surface area contributed by atoms with E-state index in [9.17, 15) is 4.79 Å². The zero-order valence-corrected chi connectivity index (χ0v) is 13.4. The smallest absolute Gasteiger partial charge is 0.253 e. The first-order valence-electron chi connectivity index (χ1n) is 7.48. The topological polar surface area (TPSA) is 55.6 Å². The number of unbranched alkanes of at least 4 members (excludes halogenated alkanes) is 1. The number of carbonyl (C=O) groups is 1. The minimum absolute atomic E-state index is 0. The fourth-order valence-corrected chi connectivity index (χ4v) is 2.41. The molecule has 0 bridgehead atoms. The number of nitrogens with two attached hydrogens (primary N) is 1. The maximum Gasteiger partial charge on any atom is 0.253 e. The molecule has 0 spiro atoms. The summed E-state index contributed by atoms with van der Waals surface area (Å²) in [5.74, 6) is 0.894. The van der Waals surface area contributed by atoms with Crippen LogP contribution in [-0.4, -0.2) is 36.5 Å². The molecule has 1 unspecified atom stereocenters. The second-order valence-corrected chi connectivity index (χ2v) is 5.38. The van der Waals surface area contributed by atoms with Gasteiger partial charge in [-0.25, -0.2) is 0 Å². The molecule has 0 saturated carbocycles. The van der Waals surface area contributed by atoms with Crippen molar-refractivity contribution in [2.45, 2.75) is 38.6 Å². The fourth-order valence-electron chi connectivity index (χ4n) is 2.41. The summed E-state index contributed by atoms with van der Waals surface area (Å²) in [4.78, 5) is 14.2. The number of carbonyl (C=O) groups excluding carboxylic acids is 1. The van der Waals surface area contributed by atoms with Crippen LogP contribution in [0.5, 0.6) is 5.75 Å². The number of hydrogen-bond acceptors (Lipinski definition) is 3. The van der Waals surface area contributed by atoms with Crippen LogP contribution in [0.25, 0.3) is 0 Å². The Hall–Kier alpha value is -1.26. The highest BCUT2D eigenvalue weighted by Crippen LogP contribution is 2.16. The second-order valence-electron chi connectivity index (χ2n) is 5.38. The Morgan fingerprint density at radius 3 is 2.71 bits per heavy atom. The zero-order chi connectivity index (χ0) is 14.4. The summed E-state index contributed by atoms with van der Waals surface area (Å²) in [6.07, 6.45) is 4.16. The molecule has 0 aromatic heterocycles. The van der Waals surface area contributed by atoms with Gasteiger partial charge in [0, 0.05) is 24.7 Å². The van der Waals surface area contributed by atoms with E-state index in [4.69, 9.17) is 10.5 Å². The average molecular weight is 313 g/mol. The molecule has 1 aromatic rings. The van der Waals surface area contributed by atoms with Gasteiger partial charge in [-0.05, 0) is 43.5 Å². The summed E-state index contributed by atoms with van der Waals surface area (Å²) < 4.78 is 5.60. The summed E-state index contributed by atoms with van der Waals surface area (Å²) in [7, 11) is 0. The summed E-state index contributed by atoms with van der Waals surface area (Å²) >= 11 is 0. The lowest BCUT2D eigenvalue weighted by atomic mass is 10.1. The van der Waals surface area contributed by atoms with Gasteiger partial charge in [0.1, 0.15) is 5.75 Å². The minimum Gasteiger partial charge on any atom is -0.494 e.